The van der Waals surface area contributed by atoms with Crippen LogP contribution in [0.15, 0.2) is 89.8 Å². The average Bonchev–Trinajstić information content (AvgIpc) is 2.97. The van der Waals surface area contributed by atoms with Crippen LogP contribution in [0.1, 0.15) is 18.2 Å². The summed E-state index contributed by atoms with van der Waals surface area (Å²) in [5.41, 5.74) is -0.280. The van der Waals surface area contributed by atoms with E-state index in [4.69, 9.17) is 9.47 Å². The lowest BCUT2D eigenvalue weighted by Gasteiger charge is -2.34. The van der Waals surface area contributed by atoms with E-state index in [9.17, 15) is 26.4 Å². The number of nitrogens with one attached hydrogen (secondary N) is 1. The van der Waals surface area contributed by atoms with Crippen molar-refractivity contribution >= 4 is 27.4 Å². The van der Waals surface area contributed by atoms with E-state index in [-0.39, 0.29) is 17.6 Å². The number of ether oxygens (including phenoxy) is 2. The molecule has 0 aliphatic carbocycles. The predicted molar refractivity (Wildman–Crippen MR) is 154 cm³/mol. The maximum Gasteiger partial charge on any atom is 0.417 e. The van der Waals surface area contributed by atoms with Crippen LogP contribution in [0.5, 0.6) is 5.75 Å². The van der Waals surface area contributed by atoms with Gasteiger partial charge in [0.25, 0.3) is 0 Å². The summed E-state index contributed by atoms with van der Waals surface area (Å²) in [6.07, 6.45) is -5.54. The molecule has 0 saturated carbocycles. The molecule has 0 bridgehead atoms. The first-order valence-electron chi connectivity index (χ1n) is 13.3. The van der Waals surface area contributed by atoms with Crippen LogP contribution in [-0.2, 0) is 26.5 Å². The fourth-order valence-corrected chi connectivity index (χ4v) is 6.08. The predicted octanol–water partition coefficient (Wildman–Crippen LogP) is 5.97. The highest BCUT2D eigenvalue weighted by Gasteiger charge is 2.37. The summed E-state index contributed by atoms with van der Waals surface area (Å²) in [5, 5.41) is 2.62. The van der Waals surface area contributed by atoms with Gasteiger partial charge < -0.3 is 14.4 Å². The van der Waals surface area contributed by atoms with Gasteiger partial charge in [-0.15, -0.1) is 0 Å². The Labute approximate surface area is 246 Å². The van der Waals surface area contributed by atoms with E-state index in [1.165, 1.54) is 12.1 Å². The smallest absolute Gasteiger partial charge is 0.410 e. The van der Waals surface area contributed by atoms with E-state index < -0.39 is 38.3 Å². The van der Waals surface area contributed by atoms with Crippen LogP contribution in [0.25, 0.3) is 11.4 Å². The molecule has 1 atom stereocenters. The second kappa shape index (κ2) is 12.4. The number of anilines is 2. The molecule has 1 aliphatic heterocycles. The number of morpholine rings is 1. The van der Waals surface area contributed by atoms with E-state index in [1.807, 2.05) is 11.8 Å². The third-order valence-corrected chi connectivity index (χ3v) is 8.34. The van der Waals surface area contributed by atoms with Crippen LogP contribution < -0.4 is 15.0 Å². The van der Waals surface area contributed by atoms with Crippen LogP contribution in [-0.4, -0.2) is 50.3 Å². The Bertz CT molecular complexity index is 1700. The van der Waals surface area contributed by atoms with Crippen LogP contribution in [0.2, 0.25) is 0 Å². The Hall–Kier alpha value is -4.49. The maximum atomic E-state index is 13.6. The van der Waals surface area contributed by atoms with Crippen molar-refractivity contribution in [3.05, 3.63) is 96.2 Å². The van der Waals surface area contributed by atoms with Gasteiger partial charge in [0, 0.05) is 23.9 Å². The van der Waals surface area contributed by atoms with Gasteiger partial charge in [0.2, 0.25) is 0 Å². The molecule has 3 aromatic carbocycles. The topological polar surface area (TPSA) is 111 Å². The van der Waals surface area contributed by atoms with Crippen molar-refractivity contribution < 1.29 is 35.9 Å². The van der Waals surface area contributed by atoms with Crippen molar-refractivity contribution in [2.45, 2.75) is 29.8 Å². The summed E-state index contributed by atoms with van der Waals surface area (Å²) in [6.45, 7) is 3.25. The number of carbonyl (C=O) groups excluding carboxylic acids is 1. The normalized spacial score (nSPS) is 15.6. The van der Waals surface area contributed by atoms with Crippen LogP contribution in [0, 0.1) is 0 Å². The van der Waals surface area contributed by atoms with Gasteiger partial charge in [0.1, 0.15) is 11.6 Å². The first-order valence-corrected chi connectivity index (χ1v) is 14.9. The number of para-hydroxylation sites is 1. The van der Waals surface area contributed by atoms with Crippen molar-refractivity contribution in [1.29, 1.82) is 0 Å². The van der Waals surface area contributed by atoms with Gasteiger partial charge in [0.15, 0.2) is 15.7 Å². The highest BCUT2D eigenvalue weighted by Crippen LogP contribution is 2.35. The summed E-state index contributed by atoms with van der Waals surface area (Å²) >= 11 is 0. The molecule has 4 aromatic rings. The van der Waals surface area contributed by atoms with Gasteiger partial charge in [0.05, 0.1) is 41.2 Å². The fraction of sp³-hybridized carbons (Fsp3) is 0.233. The van der Waals surface area contributed by atoms with Gasteiger partial charge in [-0.25, -0.2) is 23.2 Å². The van der Waals surface area contributed by atoms with Crippen LogP contribution in [0.3, 0.4) is 0 Å². The zero-order valence-electron chi connectivity index (χ0n) is 22.9. The molecule has 0 spiro atoms. The summed E-state index contributed by atoms with van der Waals surface area (Å²) in [6, 6.07) is 20.5. The molecule has 1 aromatic heterocycles. The number of nitrogens with zero attached hydrogens (tertiary/aromatic N) is 3. The third-order valence-electron chi connectivity index (χ3n) is 6.64. The summed E-state index contributed by atoms with van der Waals surface area (Å²) in [4.78, 5) is 22.5. The number of hydrogen-bond donors (Lipinski definition) is 1. The van der Waals surface area contributed by atoms with Gasteiger partial charge >= 0.3 is 12.3 Å². The fourth-order valence-electron chi connectivity index (χ4n) is 4.59. The second-order valence-electron chi connectivity index (χ2n) is 9.82. The van der Waals surface area contributed by atoms with Crippen molar-refractivity contribution in [3.8, 4) is 17.1 Å². The number of carbonyl (C=O) groups is 1. The molecule has 9 nitrogen and oxygen atoms in total. The number of halogens is 3. The van der Waals surface area contributed by atoms with Crippen molar-refractivity contribution in [3.63, 3.8) is 0 Å². The Kier molecular flexibility index (Phi) is 8.64. The van der Waals surface area contributed by atoms with Gasteiger partial charge in [-0.05, 0) is 55.5 Å². The van der Waals surface area contributed by atoms with Gasteiger partial charge in [-0.3, -0.25) is 5.32 Å². The molecule has 224 valence electrons. The molecular formula is C30H27F3N4O5S. The molecule has 1 aliphatic rings. The quantitative estimate of drug-likeness (QED) is 0.272. The Morgan fingerprint density at radius 3 is 2.42 bits per heavy atom. The molecule has 1 amide bonds. The molecule has 1 fully saturated rings. The molecule has 2 heterocycles. The molecule has 5 rings (SSSR count). The van der Waals surface area contributed by atoms with E-state index >= 15 is 0 Å². The molecule has 13 heteroatoms. The lowest BCUT2D eigenvalue weighted by Crippen LogP contribution is -2.44. The molecule has 1 saturated heterocycles. The lowest BCUT2D eigenvalue weighted by molar-refractivity contribution is -0.139. The first kappa shape index (κ1) is 30.0. The summed E-state index contributed by atoms with van der Waals surface area (Å²) in [5.74, 6) is 0.193. The minimum atomic E-state index is -4.85. The summed E-state index contributed by atoms with van der Waals surface area (Å²) < 4.78 is 78.2. The number of aromatic nitrogens is 2. The van der Waals surface area contributed by atoms with Crippen LogP contribution in [0.4, 0.5) is 29.5 Å². The van der Waals surface area contributed by atoms with E-state index in [1.54, 1.807) is 54.6 Å². The van der Waals surface area contributed by atoms with Gasteiger partial charge in [-0.2, -0.15) is 13.2 Å². The number of benzene rings is 3. The maximum absolute atomic E-state index is 13.6. The SMILES string of the molecule is CC1COCCN1c1cc(CS(=O)(=O)c2ccccc2C(F)(F)F)nc(-c2ccc(NC(=O)Oc3ccccc3)cc2)n1. The molecule has 1 unspecified atom stereocenters. The monoisotopic (exact) mass is 612 g/mol. The van der Waals surface area contributed by atoms with E-state index in [0.29, 0.717) is 42.6 Å². The highest BCUT2D eigenvalue weighted by atomic mass is 32.2. The highest BCUT2D eigenvalue weighted by molar-refractivity contribution is 7.90. The zero-order chi connectivity index (χ0) is 30.6. The average molecular weight is 613 g/mol. The van der Waals surface area contributed by atoms with Crippen molar-refractivity contribution in [1.82, 2.24) is 9.97 Å². The summed E-state index contributed by atoms with van der Waals surface area (Å²) in [7, 11) is -4.45. The standard InChI is InChI=1S/C30H27F3N4O5S/c1-20-18-41-16-15-37(20)27-17-23(19-43(39,40)26-10-6-5-9-25(26)30(31,32)33)34-28(36-27)21-11-13-22(14-12-21)35-29(38)42-24-7-3-2-4-8-24/h2-14,17,20H,15-16,18-19H2,1H3,(H,35,38). The Morgan fingerprint density at radius 2 is 1.72 bits per heavy atom. The van der Waals surface area contributed by atoms with Gasteiger partial charge in [-0.1, -0.05) is 30.3 Å². The molecule has 1 N–H and O–H groups in total. The second-order valence-corrected chi connectivity index (χ2v) is 11.8. The molecule has 43 heavy (non-hydrogen) atoms. The van der Waals surface area contributed by atoms with Crippen LogP contribution >= 0.6 is 0 Å². The number of alkyl halides is 3. The third kappa shape index (κ3) is 7.30. The number of rotatable bonds is 7. The minimum absolute atomic E-state index is 0.0318. The molecule has 0 radical (unpaired) electrons. The Balaban J connectivity index is 1.45. The van der Waals surface area contributed by atoms with E-state index in [0.717, 1.165) is 18.2 Å². The van der Waals surface area contributed by atoms with Crippen molar-refractivity contribution in [2.24, 2.45) is 0 Å². The zero-order valence-corrected chi connectivity index (χ0v) is 23.7. The van der Waals surface area contributed by atoms with E-state index in [2.05, 4.69) is 15.3 Å². The number of hydrogen-bond acceptors (Lipinski definition) is 8. The first-order chi connectivity index (χ1) is 20.5. The minimum Gasteiger partial charge on any atom is -0.410 e. The number of sulfone groups is 1. The Morgan fingerprint density at radius 1 is 1.02 bits per heavy atom. The molecular weight excluding hydrogens is 585 g/mol. The van der Waals surface area contributed by atoms with Crippen molar-refractivity contribution in [2.75, 3.05) is 30.0 Å². The lowest BCUT2D eigenvalue weighted by atomic mass is 10.2. The largest absolute Gasteiger partial charge is 0.417 e. The number of amides is 1.